The number of phenolic OH excluding ortho intramolecular Hbond substituents is 2. The standard InChI is InChI=1S/C25H22N2O3/c1-15-10-13-23(28)25(16(15)2)22-9-5-8-21(27-22)20-7-4-6-19(26-20)18-12-11-17(30-3)14-24(18)29/h4-14,28-29H,1-3H3. The Kier molecular flexibility index (Phi) is 5.11. The lowest BCUT2D eigenvalue weighted by atomic mass is 9.99. The first kappa shape index (κ1) is 19.5. The molecule has 0 fully saturated rings. The maximum absolute atomic E-state index is 10.4. The van der Waals surface area contributed by atoms with E-state index in [2.05, 4.69) is 0 Å². The Morgan fingerprint density at radius 1 is 0.700 bits per heavy atom. The molecule has 0 aliphatic rings. The molecule has 0 saturated heterocycles. The zero-order valence-corrected chi connectivity index (χ0v) is 17.0. The maximum atomic E-state index is 10.4. The highest BCUT2D eigenvalue weighted by atomic mass is 16.5. The first-order valence-corrected chi connectivity index (χ1v) is 9.59. The monoisotopic (exact) mass is 398 g/mol. The third kappa shape index (κ3) is 3.57. The van der Waals surface area contributed by atoms with Crippen LogP contribution in [0.2, 0.25) is 0 Å². The number of aromatic nitrogens is 2. The van der Waals surface area contributed by atoms with E-state index in [0.29, 0.717) is 34.1 Å². The van der Waals surface area contributed by atoms with Gasteiger partial charge in [0.25, 0.3) is 0 Å². The average molecular weight is 398 g/mol. The van der Waals surface area contributed by atoms with E-state index in [1.54, 1.807) is 31.4 Å². The average Bonchev–Trinajstić information content (AvgIpc) is 2.77. The Balaban J connectivity index is 1.78. The molecule has 4 aromatic rings. The van der Waals surface area contributed by atoms with Gasteiger partial charge in [-0.2, -0.15) is 0 Å². The number of phenols is 2. The van der Waals surface area contributed by atoms with Crippen molar-refractivity contribution < 1.29 is 14.9 Å². The van der Waals surface area contributed by atoms with Crippen LogP contribution >= 0.6 is 0 Å². The SMILES string of the molecule is COc1ccc(-c2cccc(-c3cccc(-c4c(O)ccc(C)c4C)n3)n2)c(O)c1. The van der Waals surface area contributed by atoms with Crippen LogP contribution in [0.25, 0.3) is 33.9 Å². The molecule has 2 heterocycles. The molecule has 150 valence electrons. The van der Waals surface area contributed by atoms with E-state index in [0.717, 1.165) is 16.7 Å². The van der Waals surface area contributed by atoms with Crippen molar-refractivity contribution in [1.29, 1.82) is 0 Å². The molecule has 30 heavy (non-hydrogen) atoms. The number of nitrogens with zero attached hydrogens (tertiary/aromatic N) is 2. The second-order valence-corrected chi connectivity index (χ2v) is 7.10. The fraction of sp³-hybridized carbons (Fsp3) is 0.120. The highest BCUT2D eigenvalue weighted by molar-refractivity contribution is 5.75. The minimum absolute atomic E-state index is 0.0982. The normalized spacial score (nSPS) is 10.8. The van der Waals surface area contributed by atoms with Crippen molar-refractivity contribution in [1.82, 2.24) is 9.97 Å². The number of methoxy groups -OCH3 is 1. The first-order chi connectivity index (χ1) is 14.5. The summed E-state index contributed by atoms with van der Waals surface area (Å²) in [5.74, 6) is 0.878. The summed E-state index contributed by atoms with van der Waals surface area (Å²) in [4.78, 5) is 9.46. The molecule has 5 heteroatoms. The van der Waals surface area contributed by atoms with Crippen LogP contribution in [0.3, 0.4) is 0 Å². The van der Waals surface area contributed by atoms with Crippen molar-refractivity contribution in [2.24, 2.45) is 0 Å². The van der Waals surface area contributed by atoms with E-state index < -0.39 is 0 Å². The predicted octanol–water partition coefficient (Wildman–Crippen LogP) is 5.51. The van der Waals surface area contributed by atoms with Gasteiger partial charge in [0.15, 0.2) is 0 Å². The van der Waals surface area contributed by atoms with Gasteiger partial charge < -0.3 is 14.9 Å². The van der Waals surface area contributed by atoms with Gasteiger partial charge in [0.1, 0.15) is 17.2 Å². The van der Waals surface area contributed by atoms with E-state index in [4.69, 9.17) is 14.7 Å². The molecule has 0 atom stereocenters. The fourth-order valence-electron chi connectivity index (χ4n) is 3.42. The van der Waals surface area contributed by atoms with Crippen LogP contribution in [-0.2, 0) is 0 Å². The fourth-order valence-corrected chi connectivity index (χ4v) is 3.42. The van der Waals surface area contributed by atoms with E-state index in [1.807, 2.05) is 56.3 Å². The Labute approximate surface area is 175 Å². The minimum Gasteiger partial charge on any atom is -0.507 e. The number of ether oxygens (including phenoxy) is 1. The lowest BCUT2D eigenvalue weighted by Gasteiger charge is -2.12. The van der Waals surface area contributed by atoms with Crippen LogP contribution in [-0.4, -0.2) is 27.3 Å². The molecule has 4 rings (SSSR count). The molecule has 0 aliphatic heterocycles. The third-order valence-electron chi connectivity index (χ3n) is 5.21. The quantitative estimate of drug-likeness (QED) is 0.474. The van der Waals surface area contributed by atoms with E-state index >= 15 is 0 Å². The van der Waals surface area contributed by atoms with Gasteiger partial charge in [-0.05, 0) is 67.4 Å². The highest BCUT2D eigenvalue weighted by Gasteiger charge is 2.14. The van der Waals surface area contributed by atoms with Gasteiger partial charge in [-0.3, -0.25) is 0 Å². The van der Waals surface area contributed by atoms with Crippen LogP contribution in [0, 0.1) is 13.8 Å². The molecule has 5 nitrogen and oxygen atoms in total. The van der Waals surface area contributed by atoms with Gasteiger partial charge in [-0.25, -0.2) is 9.97 Å². The third-order valence-corrected chi connectivity index (χ3v) is 5.21. The van der Waals surface area contributed by atoms with Crippen molar-refractivity contribution in [2.75, 3.05) is 7.11 Å². The summed E-state index contributed by atoms with van der Waals surface area (Å²) >= 11 is 0. The smallest absolute Gasteiger partial charge is 0.128 e. The summed E-state index contributed by atoms with van der Waals surface area (Å²) in [6.45, 7) is 3.98. The number of rotatable bonds is 4. The Morgan fingerprint density at radius 3 is 2.00 bits per heavy atom. The summed E-state index contributed by atoms with van der Waals surface area (Å²) in [6, 6.07) is 20.0. The number of aryl methyl sites for hydroxylation is 1. The molecule has 0 aliphatic carbocycles. The molecule has 2 N–H and O–H groups in total. The molecule has 0 bridgehead atoms. The Bertz CT molecular complexity index is 1230. The summed E-state index contributed by atoms with van der Waals surface area (Å²) < 4.78 is 5.15. The lowest BCUT2D eigenvalue weighted by molar-refractivity contribution is 0.408. The predicted molar refractivity (Wildman–Crippen MR) is 118 cm³/mol. The summed E-state index contributed by atoms with van der Waals surface area (Å²) in [6.07, 6.45) is 0. The number of hydrogen-bond acceptors (Lipinski definition) is 5. The van der Waals surface area contributed by atoms with Crippen LogP contribution < -0.4 is 4.74 Å². The van der Waals surface area contributed by atoms with Gasteiger partial charge in [-0.1, -0.05) is 18.2 Å². The van der Waals surface area contributed by atoms with E-state index in [-0.39, 0.29) is 11.5 Å². The van der Waals surface area contributed by atoms with Crippen LogP contribution in [0.4, 0.5) is 0 Å². The summed E-state index contributed by atoms with van der Waals surface area (Å²) in [5.41, 5.74) is 6.09. The molecule has 0 unspecified atom stereocenters. The largest absolute Gasteiger partial charge is 0.507 e. The van der Waals surface area contributed by atoms with Crippen molar-refractivity contribution in [3.8, 4) is 51.2 Å². The van der Waals surface area contributed by atoms with Crippen LogP contribution in [0.5, 0.6) is 17.2 Å². The van der Waals surface area contributed by atoms with Gasteiger partial charge in [0, 0.05) is 17.2 Å². The van der Waals surface area contributed by atoms with Crippen molar-refractivity contribution >= 4 is 0 Å². The molecule has 0 amide bonds. The number of pyridine rings is 2. The van der Waals surface area contributed by atoms with Gasteiger partial charge in [-0.15, -0.1) is 0 Å². The highest BCUT2D eigenvalue weighted by Crippen LogP contribution is 2.35. The van der Waals surface area contributed by atoms with Gasteiger partial charge >= 0.3 is 0 Å². The first-order valence-electron chi connectivity index (χ1n) is 9.59. The zero-order valence-electron chi connectivity index (χ0n) is 17.0. The van der Waals surface area contributed by atoms with Crippen molar-refractivity contribution in [3.05, 3.63) is 77.9 Å². The molecule has 0 spiro atoms. The molecule has 2 aromatic carbocycles. The number of benzene rings is 2. The number of hydrogen-bond donors (Lipinski definition) is 2. The topological polar surface area (TPSA) is 75.5 Å². The molecule has 0 saturated carbocycles. The van der Waals surface area contributed by atoms with Crippen LogP contribution in [0.1, 0.15) is 11.1 Å². The second-order valence-electron chi connectivity index (χ2n) is 7.10. The number of aromatic hydroxyl groups is 2. The summed E-state index contributed by atoms with van der Waals surface area (Å²) in [5, 5.41) is 20.8. The Hall–Kier alpha value is -3.86. The van der Waals surface area contributed by atoms with Gasteiger partial charge in [0.05, 0.1) is 29.9 Å². The van der Waals surface area contributed by atoms with E-state index in [1.165, 1.54) is 0 Å². The van der Waals surface area contributed by atoms with Gasteiger partial charge in [0.2, 0.25) is 0 Å². The summed E-state index contributed by atoms with van der Waals surface area (Å²) in [7, 11) is 1.56. The van der Waals surface area contributed by atoms with Crippen molar-refractivity contribution in [2.45, 2.75) is 13.8 Å². The zero-order chi connectivity index (χ0) is 21.3. The van der Waals surface area contributed by atoms with E-state index in [9.17, 15) is 10.2 Å². The minimum atomic E-state index is 0.0982. The molecule has 2 aromatic heterocycles. The molecule has 0 radical (unpaired) electrons. The lowest BCUT2D eigenvalue weighted by Crippen LogP contribution is -1.95. The maximum Gasteiger partial charge on any atom is 0.128 e. The van der Waals surface area contributed by atoms with Crippen LogP contribution in [0.15, 0.2) is 66.7 Å². The molecular weight excluding hydrogens is 376 g/mol. The second kappa shape index (κ2) is 7.87. The molecular formula is C25H22N2O3. The van der Waals surface area contributed by atoms with Crippen molar-refractivity contribution in [3.63, 3.8) is 0 Å². The Morgan fingerprint density at radius 2 is 1.33 bits per heavy atom.